The summed E-state index contributed by atoms with van der Waals surface area (Å²) in [4.78, 5) is 25.0. The molecule has 0 aliphatic carbocycles. The number of ketones is 2. The molecule has 0 spiro atoms. The first-order chi connectivity index (χ1) is 7.91. The van der Waals surface area contributed by atoms with Gasteiger partial charge in [0, 0.05) is 25.9 Å². The Labute approximate surface area is 99.5 Å². The van der Waals surface area contributed by atoms with Crippen LogP contribution in [0.2, 0.25) is 0 Å². The van der Waals surface area contributed by atoms with E-state index in [1.165, 1.54) is 37.4 Å². The van der Waals surface area contributed by atoms with Gasteiger partial charge in [0.05, 0.1) is 5.57 Å². The maximum absolute atomic E-state index is 12.7. The van der Waals surface area contributed by atoms with Crippen LogP contribution >= 0.6 is 0 Å². The summed E-state index contributed by atoms with van der Waals surface area (Å²) in [5.41, 5.74) is 0.385. The Hall–Kier alpha value is -1.97. The monoisotopic (exact) mass is 235 g/mol. The van der Waals surface area contributed by atoms with Crippen LogP contribution < -0.4 is 0 Å². The number of benzene rings is 1. The fourth-order valence-electron chi connectivity index (χ4n) is 1.32. The predicted octanol–water partition coefficient (Wildman–Crippen LogP) is 2.04. The lowest BCUT2D eigenvalue weighted by molar-refractivity contribution is -0.113. The largest absolute Gasteiger partial charge is 0.383 e. The Morgan fingerprint density at radius 2 is 1.71 bits per heavy atom. The summed E-state index contributed by atoms with van der Waals surface area (Å²) in [6.45, 7) is 1.33. The van der Waals surface area contributed by atoms with Crippen molar-refractivity contribution >= 4 is 11.6 Å². The van der Waals surface area contributed by atoms with E-state index in [0.717, 1.165) is 0 Å². The summed E-state index contributed by atoms with van der Waals surface area (Å²) in [6.07, 6.45) is 1.47. The molecule has 1 rings (SSSR count). The standard InChI is InChI=1S/C13H14FNO2/c1-9(16)12(8-15(2)3)13(17)10-4-6-11(14)7-5-10/h4-8H,1-3H3/b12-8+. The molecule has 0 radical (unpaired) electrons. The zero-order valence-electron chi connectivity index (χ0n) is 10.0. The molecular weight excluding hydrogens is 221 g/mol. The molecule has 0 saturated carbocycles. The molecule has 4 heteroatoms. The van der Waals surface area contributed by atoms with Crippen molar-refractivity contribution in [3.63, 3.8) is 0 Å². The van der Waals surface area contributed by atoms with Crippen LogP contribution in [0.3, 0.4) is 0 Å². The average molecular weight is 235 g/mol. The van der Waals surface area contributed by atoms with Gasteiger partial charge in [-0.3, -0.25) is 9.59 Å². The lowest BCUT2D eigenvalue weighted by Crippen LogP contribution is -2.15. The molecule has 0 N–H and O–H groups in total. The minimum atomic E-state index is -0.414. The minimum absolute atomic E-state index is 0.0848. The van der Waals surface area contributed by atoms with Gasteiger partial charge in [-0.25, -0.2) is 4.39 Å². The Bertz CT molecular complexity index is 461. The number of hydrogen-bond donors (Lipinski definition) is 0. The van der Waals surface area contributed by atoms with Gasteiger partial charge in [-0.2, -0.15) is 0 Å². The van der Waals surface area contributed by atoms with E-state index >= 15 is 0 Å². The zero-order chi connectivity index (χ0) is 13.0. The molecular formula is C13H14FNO2. The summed E-state index contributed by atoms with van der Waals surface area (Å²) in [7, 11) is 3.45. The fraction of sp³-hybridized carbons (Fsp3) is 0.231. The maximum atomic E-state index is 12.7. The van der Waals surface area contributed by atoms with Crippen molar-refractivity contribution in [3.8, 4) is 0 Å². The molecule has 0 aromatic heterocycles. The number of Topliss-reactive ketones (excluding diaryl/α,β-unsaturated/α-hetero) is 2. The number of carbonyl (C=O) groups excluding carboxylic acids is 2. The molecule has 3 nitrogen and oxygen atoms in total. The summed E-state index contributed by atoms with van der Waals surface area (Å²) in [6, 6.07) is 5.12. The highest BCUT2D eigenvalue weighted by Gasteiger charge is 2.16. The molecule has 1 aromatic rings. The van der Waals surface area contributed by atoms with Gasteiger partial charge in [-0.05, 0) is 31.2 Å². The SMILES string of the molecule is CC(=O)/C(=C\N(C)C)C(=O)c1ccc(F)cc1. The second-order valence-electron chi connectivity index (χ2n) is 3.90. The summed E-state index contributed by atoms with van der Waals surface area (Å²) in [5.74, 6) is -1.12. The summed E-state index contributed by atoms with van der Waals surface area (Å²) in [5, 5.41) is 0. The predicted molar refractivity (Wildman–Crippen MR) is 63.2 cm³/mol. The number of allylic oxidation sites excluding steroid dienone is 1. The van der Waals surface area contributed by atoms with E-state index in [0.29, 0.717) is 5.56 Å². The number of nitrogens with zero attached hydrogens (tertiary/aromatic N) is 1. The molecule has 0 amide bonds. The molecule has 0 aliphatic rings. The van der Waals surface area contributed by atoms with Crippen molar-refractivity contribution in [2.24, 2.45) is 0 Å². The molecule has 1 aromatic carbocycles. The van der Waals surface area contributed by atoms with Crippen LogP contribution in [0.1, 0.15) is 17.3 Å². The minimum Gasteiger partial charge on any atom is -0.383 e. The van der Waals surface area contributed by atoms with Crippen LogP contribution in [0.15, 0.2) is 36.0 Å². The van der Waals surface area contributed by atoms with Gasteiger partial charge in [-0.15, -0.1) is 0 Å². The maximum Gasteiger partial charge on any atom is 0.198 e. The average Bonchev–Trinajstić information content (AvgIpc) is 2.25. The summed E-state index contributed by atoms with van der Waals surface area (Å²) >= 11 is 0. The van der Waals surface area contributed by atoms with E-state index in [1.807, 2.05) is 0 Å². The van der Waals surface area contributed by atoms with Gasteiger partial charge >= 0.3 is 0 Å². The lowest BCUT2D eigenvalue weighted by Gasteiger charge is -2.08. The second kappa shape index (κ2) is 5.39. The molecule has 0 heterocycles. The Morgan fingerprint density at radius 3 is 2.12 bits per heavy atom. The van der Waals surface area contributed by atoms with Gasteiger partial charge in [0.15, 0.2) is 11.6 Å². The third-order valence-corrected chi connectivity index (χ3v) is 2.12. The Morgan fingerprint density at radius 1 is 1.18 bits per heavy atom. The van der Waals surface area contributed by atoms with E-state index in [2.05, 4.69) is 0 Å². The van der Waals surface area contributed by atoms with Crippen LogP contribution in [0.5, 0.6) is 0 Å². The smallest absolute Gasteiger partial charge is 0.198 e. The topological polar surface area (TPSA) is 37.4 Å². The van der Waals surface area contributed by atoms with Crippen LogP contribution in [0.25, 0.3) is 0 Å². The van der Waals surface area contributed by atoms with E-state index in [1.54, 1.807) is 19.0 Å². The van der Waals surface area contributed by atoms with Gasteiger partial charge < -0.3 is 4.90 Å². The summed E-state index contributed by atoms with van der Waals surface area (Å²) < 4.78 is 12.7. The van der Waals surface area contributed by atoms with Crippen molar-refractivity contribution < 1.29 is 14.0 Å². The van der Waals surface area contributed by atoms with Crippen molar-refractivity contribution in [2.75, 3.05) is 14.1 Å². The third kappa shape index (κ3) is 3.52. The first-order valence-electron chi connectivity index (χ1n) is 5.11. The first kappa shape index (κ1) is 13.1. The van der Waals surface area contributed by atoms with E-state index in [9.17, 15) is 14.0 Å². The fourth-order valence-corrected chi connectivity index (χ4v) is 1.32. The Kier molecular flexibility index (Phi) is 4.15. The molecule has 0 fully saturated rings. The molecule has 0 aliphatic heterocycles. The van der Waals surface area contributed by atoms with Crippen LogP contribution in [-0.2, 0) is 4.79 Å². The van der Waals surface area contributed by atoms with E-state index < -0.39 is 11.6 Å². The van der Waals surface area contributed by atoms with Crippen LogP contribution in [0, 0.1) is 5.82 Å². The number of carbonyl (C=O) groups is 2. The highest BCUT2D eigenvalue weighted by molar-refractivity contribution is 6.25. The number of hydrogen-bond acceptors (Lipinski definition) is 3. The van der Waals surface area contributed by atoms with Crippen LogP contribution in [0.4, 0.5) is 4.39 Å². The quantitative estimate of drug-likeness (QED) is 0.347. The van der Waals surface area contributed by atoms with Gasteiger partial charge in [0.2, 0.25) is 0 Å². The van der Waals surface area contributed by atoms with Gasteiger partial charge in [0.1, 0.15) is 5.82 Å². The highest BCUT2D eigenvalue weighted by Crippen LogP contribution is 2.11. The lowest BCUT2D eigenvalue weighted by atomic mass is 10.0. The van der Waals surface area contributed by atoms with Crippen LogP contribution in [-0.4, -0.2) is 30.6 Å². The van der Waals surface area contributed by atoms with Crippen molar-refractivity contribution in [1.82, 2.24) is 4.90 Å². The molecule has 17 heavy (non-hydrogen) atoms. The van der Waals surface area contributed by atoms with Crippen molar-refractivity contribution in [1.29, 1.82) is 0 Å². The molecule has 0 bridgehead atoms. The Balaban J connectivity index is 3.09. The van der Waals surface area contributed by atoms with Gasteiger partial charge in [0.25, 0.3) is 0 Å². The number of rotatable bonds is 4. The normalized spacial score (nSPS) is 11.2. The highest BCUT2D eigenvalue weighted by atomic mass is 19.1. The number of halogens is 1. The second-order valence-corrected chi connectivity index (χ2v) is 3.90. The molecule has 0 saturated heterocycles. The van der Waals surface area contributed by atoms with E-state index in [4.69, 9.17) is 0 Å². The molecule has 0 atom stereocenters. The van der Waals surface area contributed by atoms with E-state index in [-0.39, 0.29) is 11.4 Å². The molecule has 90 valence electrons. The zero-order valence-corrected chi connectivity index (χ0v) is 10.0. The van der Waals surface area contributed by atoms with Gasteiger partial charge in [-0.1, -0.05) is 0 Å². The third-order valence-electron chi connectivity index (χ3n) is 2.12. The first-order valence-corrected chi connectivity index (χ1v) is 5.11. The van der Waals surface area contributed by atoms with Crippen molar-refractivity contribution in [3.05, 3.63) is 47.4 Å². The molecule has 0 unspecified atom stereocenters. The van der Waals surface area contributed by atoms with Crippen molar-refractivity contribution in [2.45, 2.75) is 6.92 Å².